The molecule has 2 aliphatic rings. The van der Waals surface area contributed by atoms with E-state index in [-0.39, 0.29) is 22.0 Å². The van der Waals surface area contributed by atoms with Crippen LogP contribution in [0, 0.1) is 11.8 Å². The molecule has 0 aromatic carbocycles. The number of halogens is 1. The number of nitrogens with zero attached hydrogens (tertiary/aromatic N) is 2. The lowest BCUT2D eigenvalue weighted by molar-refractivity contribution is -0.149. The van der Waals surface area contributed by atoms with Crippen molar-refractivity contribution < 1.29 is 9.53 Å². The summed E-state index contributed by atoms with van der Waals surface area (Å²) in [5.41, 5.74) is 8.05. The molecule has 1 saturated carbocycles. The number of carbonyl (C=O) groups is 1. The van der Waals surface area contributed by atoms with Crippen LogP contribution in [-0.2, 0) is 9.53 Å². The van der Waals surface area contributed by atoms with E-state index < -0.39 is 0 Å². The standard InChI is InChI=1S/C15H21IN4O2/c1-2-22-15(21)9-5-3-8(4-6-9)11-12-10(13(16)20-11)14(17)19-7-18-12/h7-9,11,13,20H,2-6H2,1H3,(H2,17,18,19). The predicted molar refractivity (Wildman–Crippen MR) is 91.2 cm³/mol. The van der Waals surface area contributed by atoms with E-state index in [0.29, 0.717) is 18.3 Å². The van der Waals surface area contributed by atoms with Crippen LogP contribution in [0.3, 0.4) is 0 Å². The zero-order chi connectivity index (χ0) is 15.7. The molecular formula is C15H21IN4O2. The van der Waals surface area contributed by atoms with Crippen molar-refractivity contribution in [2.75, 3.05) is 12.3 Å². The lowest BCUT2D eigenvalue weighted by Crippen LogP contribution is -2.30. The third-order valence-electron chi connectivity index (χ3n) is 4.68. The molecule has 0 amide bonds. The number of carbonyl (C=O) groups excluding carboxylic acids is 1. The lowest BCUT2D eigenvalue weighted by Gasteiger charge is -2.31. The average molecular weight is 416 g/mol. The van der Waals surface area contributed by atoms with Gasteiger partial charge in [-0.1, -0.05) is 22.6 Å². The van der Waals surface area contributed by atoms with E-state index in [2.05, 4.69) is 37.9 Å². The first-order valence-electron chi connectivity index (χ1n) is 7.78. The molecule has 120 valence electrons. The van der Waals surface area contributed by atoms with Crippen molar-refractivity contribution in [3.8, 4) is 0 Å². The Morgan fingerprint density at radius 3 is 2.82 bits per heavy atom. The van der Waals surface area contributed by atoms with Crippen LogP contribution in [0.4, 0.5) is 5.82 Å². The first kappa shape index (κ1) is 15.9. The van der Waals surface area contributed by atoms with E-state index in [0.717, 1.165) is 36.9 Å². The molecular weight excluding hydrogens is 395 g/mol. The Morgan fingerprint density at radius 1 is 1.41 bits per heavy atom. The number of rotatable bonds is 3. The summed E-state index contributed by atoms with van der Waals surface area (Å²) >= 11 is 2.34. The van der Waals surface area contributed by atoms with Gasteiger partial charge in [0.1, 0.15) is 12.1 Å². The Kier molecular flexibility index (Phi) is 4.82. The van der Waals surface area contributed by atoms with E-state index in [1.165, 1.54) is 0 Å². The number of anilines is 1. The van der Waals surface area contributed by atoms with Gasteiger partial charge in [0.15, 0.2) is 0 Å². The summed E-state index contributed by atoms with van der Waals surface area (Å²) in [6, 6.07) is 0.213. The summed E-state index contributed by atoms with van der Waals surface area (Å²) in [5, 5.41) is 3.59. The maximum Gasteiger partial charge on any atom is 0.308 e. The van der Waals surface area contributed by atoms with E-state index in [1.54, 1.807) is 6.33 Å². The summed E-state index contributed by atoms with van der Waals surface area (Å²) in [4.78, 5) is 20.4. The number of nitrogens with one attached hydrogen (secondary N) is 1. The first-order valence-corrected chi connectivity index (χ1v) is 9.03. The van der Waals surface area contributed by atoms with Crippen molar-refractivity contribution in [1.82, 2.24) is 15.3 Å². The number of esters is 1. The van der Waals surface area contributed by atoms with Crippen molar-refractivity contribution in [3.05, 3.63) is 17.6 Å². The second kappa shape index (κ2) is 6.66. The minimum Gasteiger partial charge on any atom is -0.466 e. The molecule has 1 aliphatic carbocycles. The molecule has 0 spiro atoms. The summed E-state index contributed by atoms with van der Waals surface area (Å²) in [7, 11) is 0. The minimum absolute atomic E-state index is 0.0425. The molecule has 1 fully saturated rings. The molecule has 3 N–H and O–H groups in total. The molecule has 1 aliphatic heterocycles. The largest absolute Gasteiger partial charge is 0.466 e. The average Bonchev–Trinajstić information content (AvgIpc) is 2.86. The van der Waals surface area contributed by atoms with Crippen LogP contribution in [0.1, 0.15) is 54.0 Å². The van der Waals surface area contributed by atoms with Gasteiger partial charge in [-0.25, -0.2) is 9.97 Å². The number of hydrogen-bond acceptors (Lipinski definition) is 6. The number of fused-ring (bicyclic) bond motifs is 1. The van der Waals surface area contributed by atoms with Gasteiger partial charge in [-0.15, -0.1) is 0 Å². The molecule has 2 unspecified atom stereocenters. The van der Waals surface area contributed by atoms with Gasteiger partial charge in [-0.05, 0) is 38.5 Å². The third kappa shape index (κ3) is 2.92. The second-order valence-corrected chi connectivity index (χ2v) is 7.17. The van der Waals surface area contributed by atoms with Gasteiger partial charge >= 0.3 is 5.97 Å². The molecule has 7 heteroatoms. The van der Waals surface area contributed by atoms with Gasteiger partial charge < -0.3 is 10.5 Å². The van der Waals surface area contributed by atoms with E-state index in [1.807, 2.05) is 6.92 Å². The van der Waals surface area contributed by atoms with Crippen LogP contribution in [0.2, 0.25) is 0 Å². The molecule has 2 heterocycles. The normalized spacial score (nSPS) is 30.8. The van der Waals surface area contributed by atoms with Crippen LogP contribution in [0.25, 0.3) is 0 Å². The molecule has 0 radical (unpaired) electrons. The van der Waals surface area contributed by atoms with Crippen molar-refractivity contribution in [3.63, 3.8) is 0 Å². The van der Waals surface area contributed by atoms with Gasteiger partial charge in [0.2, 0.25) is 0 Å². The Labute approximate surface area is 143 Å². The maximum absolute atomic E-state index is 11.8. The highest BCUT2D eigenvalue weighted by Crippen LogP contribution is 2.45. The predicted octanol–water partition coefficient (Wildman–Crippen LogP) is 2.51. The summed E-state index contributed by atoms with van der Waals surface area (Å²) in [6.45, 7) is 2.32. The number of alkyl halides is 1. The molecule has 6 nitrogen and oxygen atoms in total. The number of ether oxygens (including phenoxy) is 1. The molecule has 2 atom stereocenters. The van der Waals surface area contributed by atoms with Crippen molar-refractivity contribution in [1.29, 1.82) is 0 Å². The van der Waals surface area contributed by atoms with Crippen LogP contribution < -0.4 is 11.1 Å². The van der Waals surface area contributed by atoms with Gasteiger partial charge in [-0.3, -0.25) is 10.1 Å². The Bertz CT molecular complexity index is 560. The van der Waals surface area contributed by atoms with Crippen molar-refractivity contribution in [2.45, 2.75) is 42.7 Å². The number of aromatic nitrogens is 2. The van der Waals surface area contributed by atoms with Gasteiger partial charge in [-0.2, -0.15) is 0 Å². The van der Waals surface area contributed by atoms with E-state index in [4.69, 9.17) is 10.5 Å². The topological polar surface area (TPSA) is 90.1 Å². The highest BCUT2D eigenvalue weighted by molar-refractivity contribution is 14.1. The summed E-state index contributed by atoms with van der Waals surface area (Å²) < 4.78 is 5.29. The molecule has 3 rings (SSSR count). The fraction of sp³-hybridized carbons (Fsp3) is 0.667. The maximum atomic E-state index is 11.8. The number of hydrogen-bond donors (Lipinski definition) is 2. The minimum atomic E-state index is -0.0425. The Morgan fingerprint density at radius 2 is 2.14 bits per heavy atom. The van der Waals surface area contributed by atoms with Crippen LogP contribution >= 0.6 is 22.6 Å². The van der Waals surface area contributed by atoms with E-state index >= 15 is 0 Å². The van der Waals surface area contributed by atoms with Gasteiger partial charge in [0.25, 0.3) is 0 Å². The number of nitrogens with two attached hydrogens (primary N) is 1. The van der Waals surface area contributed by atoms with Crippen LogP contribution in [0.15, 0.2) is 6.33 Å². The fourth-order valence-electron chi connectivity index (χ4n) is 3.56. The van der Waals surface area contributed by atoms with Crippen LogP contribution in [0.5, 0.6) is 0 Å². The van der Waals surface area contributed by atoms with Crippen LogP contribution in [-0.4, -0.2) is 22.5 Å². The molecule has 0 bridgehead atoms. The summed E-state index contributed by atoms with van der Waals surface area (Å²) in [6.07, 6.45) is 5.34. The Hall–Kier alpha value is -0.960. The van der Waals surface area contributed by atoms with Gasteiger partial charge in [0, 0.05) is 5.56 Å². The smallest absolute Gasteiger partial charge is 0.308 e. The molecule has 0 saturated heterocycles. The molecule has 1 aromatic rings. The van der Waals surface area contributed by atoms with Crippen molar-refractivity contribution >= 4 is 34.4 Å². The highest BCUT2D eigenvalue weighted by Gasteiger charge is 2.39. The van der Waals surface area contributed by atoms with Gasteiger partial charge in [0.05, 0.1) is 28.3 Å². The monoisotopic (exact) mass is 416 g/mol. The summed E-state index contributed by atoms with van der Waals surface area (Å²) in [5.74, 6) is 1.07. The SMILES string of the molecule is CCOC(=O)C1CCC(C2NC(I)c3c(N)ncnc32)CC1. The Balaban J connectivity index is 1.69. The molecule has 1 aromatic heterocycles. The van der Waals surface area contributed by atoms with Crippen molar-refractivity contribution in [2.24, 2.45) is 11.8 Å². The second-order valence-electron chi connectivity index (χ2n) is 5.93. The molecule has 22 heavy (non-hydrogen) atoms. The fourth-order valence-corrected chi connectivity index (χ4v) is 4.58. The lowest BCUT2D eigenvalue weighted by atomic mass is 9.78. The quantitative estimate of drug-likeness (QED) is 0.341. The van der Waals surface area contributed by atoms with E-state index in [9.17, 15) is 4.79 Å². The first-order chi connectivity index (χ1) is 10.6. The third-order valence-corrected chi connectivity index (χ3v) is 5.67. The zero-order valence-corrected chi connectivity index (χ0v) is 14.7. The highest BCUT2D eigenvalue weighted by atomic mass is 127. The zero-order valence-electron chi connectivity index (χ0n) is 12.6. The number of nitrogen functional groups attached to an aromatic ring is 1.